The van der Waals surface area contributed by atoms with Gasteiger partial charge in [-0.05, 0) is 70.9 Å². The van der Waals surface area contributed by atoms with Gasteiger partial charge in [0.1, 0.15) is 31.0 Å². The van der Waals surface area contributed by atoms with Gasteiger partial charge in [0.25, 0.3) is 0 Å². The van der Waals surface area contributed by atoms with E-state index in [1.54, 1.807) is 13.8 Å². The molecule has 4 aliphatic rings. The molecule has 1 saturated carbocycles. The summed E-state index contributed by atoms with van der Waals surface area (Å²) in [4.78, 5) is 29.7. The lowest BCUT2D eigenvalue weighted by Crippen LogP contribution is -2.61. The molecule has 0 spiro atoms. The van der Waals surface area contributed by atoms with Crippen LogP contribution in [-0.4, -0.2) is 149 Å². The van der Waals surface area contributed by atoms with Gasteiger partial charge in [0.15, 0.2) is 18.9 Å². The number of aliphatic hydroxyl groups excluding tert-OH is 4. The Morgan fingerprint density at radius 1 is 0.706 bits per heavy atom. The number of ether oxygens (including phenoxy) is 7. The lowest BCUT2D eigenvalue weighted by Gasteiger charge is -2.46. The SMILES string of the molecule is C[C@H]1[C@H](O)[C@H](CN=[N+]=[N-])O[C@H](O[C@H]2[C@@H](O)[C@H](O[C@@H]3[C@@H](O)[C@H](N=[N+]=[N-])C[C@H](N=[N+]=[N-])[C@H]3O[C@H]3O[C@H]([C@H](C)N(Cc4ccccc4)C(=O)OCc4ccccc4)CC[C@H]3N=[N+]=[N-])O[C@@H]2CO)[C@@H]1N=[N+]=[N-]. The third kappa shape index (κ3) is 12.3. The first-order valence-electron chi connectivity index (χ1n) is 21.7. The van der Waals surface area contributed by atoms with Crippen LogP contribution < -0.4 is 0 Å². The summed E-state index contributed by atoms with van der Waals surface area (Å²) in [5.41, 5.74) is 48.5. The molecule has 3 heterocycles. The molecule has 0 aromatic heterocycles. The van der Waals surface area contributed by atoms with Crippen LogP contribution in [0.2, 0.25) is 0 Å². The van der Waals surface area contributed by atoms with Crippen LogP contribution in [0.3, 0.4) is 0 Å². The summed E-state index contributed by atoms with van der Waals surface area (Å²) >= 11 is 0. The largest absolute Gasteiger partial charge is 0.445 e. The molecule has 4 N–H and O–H groups in total. The standard InChI is InChI=1S/C40H52N16O12/c1-20-30(50-55-45)38(64-28(31(20)58)16-46-51-41)67-35-29(18-57)65-39(33(35)60)68-36-32(59)25(48-53-43)15-26(49-54-44)34(36)66-37-24(47-52-42)13-14-27(63-37)21(2)56(17-22-9-5-3-6-10-22)40(61)62-19-23-11-7-4-8-12-23/h3-12,20-21,24-39,57-60H,13-19H2,1-2H3/t20-,21+,24-,25-,26+,27+,28+,29-,30-,31+,32+,33-,34-,35-,36-,37-,38-,39+/m1/s1. The quantitative estimate of drug-likeness (QED) is 0.0774. The fourth-order valence-electron chi connectivity index (χ4n) is 8.78. The second-order valence-corrected chi connectivity index (χ2v) is 16.6. The fourth-order valence-corrected chi connectivity index (χ4v) is 8.78. The summed E-state index contributed by atoms with van der Waals surface area (Å²) in [5, 5.41) is 63.4. The van der Waals surface area contributed by atoms with Crippen molar-refractivity contribution in [1.29, 1.82) is 0 Å². The number of azide groups is 5. The predicted octanol–water partition coefficient (Wildman–Crippen LogP) is 5.47. The molecule has 0 radical (unpaired) electrons. The summed E-state index contributed by atoms with van der Waals surface area (Å²) in [7, 11) is 0. The van der Waals surface area contributed by atoms with Crippen molar-refractivity contribution in [2.24, 2.45) is 31.5 Å². The monoisotopic (exact) mass is 948 g/mol. The smallest absolute Gasteiger partial charge is 0.410 e. The lowest BCUT2D eigenvalue weighted by molar-refractivity contribution is -0.291. The number of rotatable bonds is 19. The van der Waals surface area contributed by atoms with Crippen LogP contribution in [0, 0.1) is 5.92 Å². The maximum absolute atomic E-state index is 13.9. The van der Waals surface area contributed by atoms with E-state index in [1.807, 2.05) is 60.7 Å². The molecule has 6 rings (SSSR count). The van der Waals surface area contributed by atoms with Crippen molar-refractivity contribution >= 4 is 6.09 Å². The molecule has 1 amide bonds. The molecule has 18 atom stereocenters. The number of aliphatic hydroxyl groups is 4. The molecule has 2 aromatic rings. The van der Waals surface area contributed by atoms with E-state index in [-0.39, 0.29) is 39.0 Å². The van der Waals surface area contributed by atoms with Crippen LogP contribution in [-0.2, 0) is 46.3 Å². The van der Waals surface area contributed by atoms with Crippen molar-refractivity contribution in [2.45, 2.75) is 150 Å². The number of hydrogen-bond donors (Lipinski definition) is 4. The molecule has 3 aliphatic heterocycles. The molecule has 2 aromatic carbocycles. The molecule has 3 saturated heterocycles. The van der Waals surface area contributed by atoms with E-state index in [0.29, 0.717) is 0 Å². The molecule has 4 fully saturated rings. The van der Waals surface area contributed by atoms with Gasteiger partial charge in [-0.3, -0.25) is 4.90 Å². The zero-order valence-corrected chi connectivity index (χ0v) is 36.8. The van der Waals surface area contributed by atoms with Gasteiger partial charge < -0.3 is 53.6 Å². The predicted molar refractivity (Wildman–Crippen MR) is 233 cm³/mol. The average molecular weight is 949 g/mol. The number of benzene rings is 2. The molecule has 0 bridgehead atoms. The van der Waals surface area contributed by atoms with Crippen molar-refractivity contribution in [3.63, 3.8) is 0 Å². The molecule has 28 nitrogen and oxygen atoms in total. The molecule has 68 heavy (non-hydrogen) atoms. The van der Waals surface area contributed by atoms with Gasteiger partial charge in [-0.2, -0.15) is 0 Å². The minimum Gasteiger partial charge on any atom is -0.445 e. The van der Waals surface area contributed by atoms with E-state index in [1.165, 1.54) is 4.90 Å². The Morgan fingerprint density at radius 3 is 1.96 bits per heavy atom. The summed E-state index contributed by atoms with van der Waals surface area (Å²) in [5.74, 6) is -0.813. The van der Waals surface area contributed by atoms with Crippen LogP contribution in [0.5, 0.6) is 0 Å². The Bertz CT molecular complexity index is 2230. The van der Waals surface area contributed by atoms with E-state index in [4.69, 9.17) is 38.7 Å². The molecule has 364 valence electrons. The highest BCUT2D eigenvalue weighted by Crippen LogP contribution is 2.39. The number of hydrogen-bond acceptors (Lipinski definition) is 17. The Labute approximate surface area is 387 Å². The second-order valence-electron chi connectivity index (χ2n) is 16.6. The molecular weight excluding hydrogens is 897 g/mol. The first-order valence-corrected chi connectivity index (χ1v) is 21.7. The Balaban J connectivity index is 1.27. The number of carbonyl (C=O) groups is 1. The molecular formula is C40H52N16O12. The zero-order chi connectivity index (χ0) is 48.7. The van der Waals surface area contributed by atoms with E-state index in [0.717, 1.165) is 11.1 Å². The van der Waals surface area contributed by atoms with E-state index in [9.17, 15) is 47.3 Å². The van der Waals surface area contributed by atoms with Crippen molar-refractivity contribution in [2.75, 3.05) is 13.2 Å². The summed E-state index contributed by atoms with van der Waals surface area (Å²) < 4.78 is 42.9. The van der Waals surface area contributed by atoms with Crippen LogP contribution in [0.1, 0.15) is 44.2 Å². The summed E-state index contributed by atoms with van der Waals surface area (Å²) in [6.45, 7) is 2.32. The van der Waals surface area contributed by atoms with Crippen LogP contribution in [0.25, 0.3) is 52.2 Å². The van der Waals surface area contributed by atoms with Crippen LogP contribution >= 0.6 is 0 Å². The van der Waals surface area contributed by atoms with Crippen molar-refractivity contribution in [3.05, 3.63) is 124 Å². The molecule has 0 unspecified atom stereocenters. The van der Waals surface area contributed by atoms with Crippen molar-refractivity contribution in [1.82, 2.24) is 4.90 Å². The van der Waals surface area contributed by atoms with Gasteiger partial charge in [0.05, 0.1) is 73.9 Å². The van der Waals surface area contributed by atoms with Gasteiger partial charge in [0, 0.05) is 31.1 Å². The molecule has 1 aliphatic carbocycles. The molecule has 28 heteroatoms. The van der Waals surface area contributed by atoms with E-state index < -0.39 is 123 Å². The zero-order valence-electron chi connectivity index (χ0n) is 36.8. The minimum absolute atomic E-state index is 0.00440. The number of nitrogens with zero attached hydrogens (tertiary/aromatic N) is 16. The second kappa shape index (κ2) is 24.8. The summed E-state index contributed by atoms with van der Waals surface area (Å²) in [6.07, 6.45) is -17.9. The van der Waals surface area contributed by atoms with Gasteiger partial charge in [0.2, 0.25) is 0 Å². The number of carbonyl (C=O) groups excluding carboxylic acids is 1. The van der Waals surface area contributed by atoms with Gasteiger partial charge in [-0.1, -0.05) is 93.2 Å². The highest BCUT2D eigenvalue weighted by Gasteiger charge is 2.54. The topological polar surface area (TPSA) is 410 Å². The van der Waals surface area contributed by atoms with E-state index in [2.05, 4.69) is 50.1 Å². The first kappa shape index (κ1) is 51.3. The highest BCUT2D eigenvalue weighted by molar-refractivity contribution is 5.68. The summed E-state index contributed by atoms with van der Waals surface area (Å²) in [6, 6.07) is 12.9. The lowest BCUT2D eigenvalue weighted by atomic mass is 9.84. The highest BCUT2D eigenvalue weighted by atomic mass is 16.8. The maximum atomic E-state index is 13.9. The third-order valence-corrected chi connectivity index (χ3v) is 12.5. The van der Waals surface area contributed by atoms with Gasteiger partial charge in [-0.15, -0.1) is 0 Å². The normalized spacial score (nSPS) is 34.8. The van der Waals surface area contributed by atoms with Crippen molar-refractivity contribution < 1.29 is 58.4 Å². The third-order valence-electron chi connectivity index (χ3n) is 12.5. The van der Waals surface area contributed by atoms with Crippen LogP contribution in [0.4, 0.5) is 4.79 Å². The van der Waals surface area contributed by atoms with Gasteiger partial charge >= 0.3 is 6.09 Å². The Kier molecular flexibility index (Phi) is 18.7. The first-order chi connectivity index (χ1) is 33.0. The van der Waals surface area contributed by atoms with E-state index >= 15 is 0 Å². The number of amides is 1. The maximum Gasteiger partial charge on any atom is 0.410 e. The van der Waals surface area contributed by atoms with Crippen LogP contribution in [0.15, 0.2) is 86.2 Å². The minimum atomic E-state index is -1.81. The van der Waals surface area contributed by atoms with Gasteiger partial charge in [-0.25, -0.2) is 4.79 Å². The van der Waals surface area contributed by atoms with Crippen molar-refractivity contribution in [3.8, 4) is 0 Å². The average Bonchev–Trinajstić information content (AvgIpc) is 3.65. The Hall–Kier alpha value is -6.14. The Morgan fingerprint density at radius 2 is 1.31 bits per heavy atom. The fraction of sp³-hybridized carbons (Fsp3) is 0.675.